The van der Waals surface area contributed by atoms with E-state index in [1.54, 1.807) is 0 Å². The van der Waals surface area contributed by atoms with Gasteiger partial charge in [0.15, 0.2) is 0 Å². The molecule has 4 nitrogen and oxygen atoms in total. The SMILES string of the molecule is CC.CC.CC(C)N1CCC2(C1)CN(C(C)C)C2.CC(C)N1CCC2(CC1)CN(C(C)C)C2. The van der Waals surface area contributed by atoms with Gasteiger partial charge in [0.2, 0.25) is 0 Å². The van der Waals surface area contributed by atoms with Crippen molar-refractivity contribution in [2.75, 3.05) is 52.4 Å². The molecule has 33 heavy (non-hydrogen) atoms. The molecule has 0 aromatic heterocycles. The molecule has 0 unspecified atom stereocenters. The maximum atomic E-state index is 2.64. The van der Waals surface area contributed by atoms with E-state index in [9.17, 15) is 0 Å². The summed E-state index contributed by atoms with van der Waals surface area (Å²) >= 11 is 0. The first-order valence-corrected chi connectivity index (χ1v) is 14.5. The van der Waals surface area contributed by atoms with Crippen LogP contribution < -0.4 is 0 Å². The van der Waals surface area contributed by atoms with Crippen molar-refractivity contribution < 1.29 is 0 Å². The normalized spacial score (nSPS) is 24.7. The molecule has 4 saturated heterocycles. The largest absolute Gasteiger partial charge is 0.301 e. The van der Waals surface area contributed by atoms with Gasteiger partial charge in [0, 0.05) is 62.3 Å². The fraction of sp³-hybridized carbons (Fsp3) is 1.00. The number of piperidine rings is 1. The van der Waals surface area contributed by atoms with Gasteiger partial charge in [-0.15, -0.1) is 0 Å². The first kappa shape index (κ1) is 30.9. The Bertz CT molecular complexity index is 506. The van der Waals surface area contributed by atoms with Crippen molar-refractivity contribution >= 4 is 0 Å². The Morgan fingerprint density at radius 3 is 1.00 bits per heavy atom. The molecule has 0 atom stereocenters. The van der Waals surface area contributed by atoms with Gasteiger partial charge >= 0.3 is 0 Å². The highest BCUT2D eigenvalue weighted by Gasteiger charge is 2.48. The summed E-state index contributed by atoms with van der Waals surface area (Å²) in [6.45, 7) is 37.2. The molecule has 4 heteroatoms. The van der Waals surface area contributed by atoms with Crippen LogP contribution in [0.25, 0.3) is 0 Å². The van der Waals surface area contributed by atoms with E-state index in [0.717, 1.165) is 24.2 Å². The van der Waals surface area contributed by atoms with Crippen LogP contribution in [0.5, 0.6) is 0 Å². The second-order valence-electron chi connectivity index (χ2n) is 11.9. The highest BCUT2D eigenvalue weighted by atomic mass is 15.3. The standard InChI is InChI=1S/C13H26N2.C12H24N2.2C2H6/c1-11(2)14-7-5-13(6-8-14)9-15(10-13)12(3)4;1-10(2)13-6-5-12(7-13)8-14(9-12)11(3)4;2*1-2/h11-12H,5-10H2,1-4H3;10-11H,5-9H2,1-4H3;2*1-2H3. The van der Waals surface area contributed by atoms with Crippen molar-refractivity contribution in [2.45, 2.75) is 127 Å². The number of likely N-dealkylation sites (tertiary alicyclic amines) is 4. The minimum Gasteiger partial charge on any atom is -0.301 e. The van der Waals surface area contributed by atoms with Crippen LogP contribution >= 0.6 is 0 Å². The first-order chi connectivity index (χ1) is 15.5. The van der Waals surface area contributed by atoms with Crippen LogP contribution in [0.15, 0.2) is 0 Å². The van der Waals surface area contributed by atoms with Gasteiger partial charge in [-0.3, -0.25) is 9.80 Å². The summed E-state index contributed by atoms with van der Waals surface area (Å²) < 4.78 is 0. The van der Waals surface area contributed by atoms with Crippen molar-refractivity contribution in [2.24, 2.45) is 10.8 Å². The summed E-state index contributed by atoms with van der Waals surface area (Å²) in [5.74, 6) is 0. The zero-order valence-corrected chi connectivity index (χ0v) is 24.9. The Morgan fingerprint density at radius 2 is 0.667 bits per heavy atom. The van der Waals surface area contributed by atoms with Crippen molar-refractivity contribution in [1.29, 1.82) is 0 Å². The molecule has 198 valence electrons. The number of hydrogen-bond donors (Lipinski definition) is 0. The lowest BCUT2D eigenvalue weighted by atomic mass is 9.71. The van der Waals surface area contributed by atoms with Crippen molar-refractivity contribution in [3.8, 4) is 0 Å². The van der Waals surface area contributed by atoms with Gasteiger partial charge in [0.05, 0.1) is 0 Å². The molecule has 4 aliphatic heterocycles. The second-order valence-corrected chi connectivity index (χ2v) is 11.9. The Labute approximate surface area is 209 Å². The van der Waals surface area contributed by atoms with Gasteiger partial charge in [-0.2, -0.15) is 0 Å². The average Bonchev–Trinajstić information content (AvgIpc) is 3.20. The van der Waals surface area contributed by atoms with Crippen LogP contribution in [0, 0.1) is 10.8 Å². The molecular weight excluding hydrogens is 404 g/mol. The molecule has 0 aliphatic carbocycles. The molecule has 4 aliphatic rings. The molecule has 0 N–H and O–H groups in total. The highest BCUT2D eigenvalue weighted by molar-refractivity contribution is 5.02. The van der Waals surface area contributed by atoms with Gasteiger partial charge in [-0.05, 0) is 99.7 Å². The topological polar surface area (TPSA) is 13.0 Å². The average molecular weight is 467 g/mol. The summed E-state index contributed by atoms with van der Waals surface area (Å²) in [7, 11) is 0. The lowest BCUT2D eigenvalue weighted by molar-refractivity contribution is -0.0662. The van der Waals surface area contributed by atoms with Crippen molar-refractivity contribution in [3.05, 3.63) is 0 Å². The lowest BCUT2D eigenvalue weighted by Gasteiger charge is -2.56. The summed E-state index contributed by atoms with van der Waals surface area (Å²) in [4.78, 5) is 10.5. The number of rotatable bonds is 4. The van der Waals surface area contributed by atoms with Gasteiger partial charge in [-0.1, -0.05) is 27.7 Å². The van der Waals surface area contributed by atoms with E-state index < -0.39 is 0 Å². The molecule has 0 saturated carbocycles. The van der Waals surface area contributed by atoms with Crippen LogP contribution in [0.1, 0.15) is 102 Å². The van der Waals surface area contributed by atoms with E-state index >= 15 is 0 Å². The minimum absolute atomic E-state index is 0.675. The van der Waals surface area contributed by atoms with Crippen LogP contribution in [-0.2, 0) is 0 Å². The smallest absolute Gasteiger partial charge is 0.00972 e. The third-order valence-electron chi connectivity index (χ3n) is 8.40. The molecule has 4 heterocycles. The fourth-order valence-corrected chi connectivity index (χ4v) is 5.86. The van der Waals surface area contributed by atoms with Gasteiger partial charge < -0.3 is 9.80 Å². The third-order valence-corrected chi connectivity index (χ3v) is 8.40. The van der Waals surface area contributed by atoms with E-state index in [0.29, 0.717) is 10.8 Å². The molecule has 4 rings (SSSR count). The molecule has 0 bridgehead atoms. The van der Waals surface area contributed by atoms with Crippen molar-refractivity contribution in [1.82, 2.24) is 19.6 Å². The van der Waals surface area contributed by atoms with Gasteiger partial charge in [0.25, 0.3) is 0 Å². The Morgan fingerprint density at radius 1 is 0.394 bits per heavy atom. The van der Waals surface area contributed by atoms with E-state index in [2.05, 4.69) is 75.0 Å². The summed E-state index contributed by atoms with van der Waals surface area (Å²) in [6, 6.07) is 2.97. The van der Waals surface area contributed by atoms with Crippen LogP contribution in [-0.4, -0.2) is 96.1 Å². The first-order valence-electron chi connectivity index (χ1n) is 14.5. The van der Waals surface area contributed by atoms with E-state index in [-0.39, 0.29) is 0 Å². The van der Waals surface area contributed by atoms with Gasteiger partial charge in [0.1, 0.15) is 0 Å². The lowest BCUT2D eigenvalue weighted by Crippen LogP contribution is -2.62. The fourth-order valence-electron chi connectivity index (χ4n) is 5.86. The predicted octanol–water partition coefficient (Wildman–Crippen LogP) is 6.06. The summed E-state index contributed by atoms with van der Waals surface area (Å²) in [5, 5.41) is 0. The van der Waals surface area contributed by atoms with Crippen LogP contribution in [0.2, 0.25) is 0 Å². The highest BCUT2D eigenvalue weighted by Crippen LogP contribution is 2.42. The summed E-state index contributed by atoms with van der Waals surface area (Å²) in [5.41, 5.74) is 1.38. The van der Waals surface area contributed by atoms with Crippen LogP contribution in [0.3, 0.4) is 0 Å². The molecule has 2 spiro atoms. The molecule has 4 fully saturated rings. The summed E-state index contributed by atoms with van der Waals surface area (Å²) in [6.07, 6.45) is 4.28. The molecule has 0 amide bonds. The van der Waals surface area contributed by atoms with Crippen LogP contribution in [0.4, 0.5) is 0 Å². The monoisotopic (exact) mass is 466 g/mol. The second kappa shape index (κ2) is 13.8. The Balaban J connectivity index is 0.000000288. The number of hydrogen-bond acceptors (Lipinski definition) is 4. The number of nitrogens with zero attached hydrogens (tertiary/aromatic N) is 4. The third kappa shape index (κ3) is 8.19. The zero-order valence-electron chi connectivity index (χ0n) is 24.9. The maximum absolute atomic E-state index is 2.64. The maximum Gasteiger partial charge on any atom is 0.00972 e. The predicted molar refractivity (Wildman–Crippen MR) is 148 cm³/mol. The quantitative estimate of drug-likeness (QED) is 0.499. The minimum atomic E-state index is 0.675. The molecule has 0 radical (unpaired) electrons. The van der Waals surface area contributed by atoms with Crippen molar-refractivity contribution in [3.63, 3.8) is 0 Å². The van der Waals surface area contributed by atoms with Gasteiger partial charge in [-0.25, -0.2) is 0 Å². The van der Waals surface area contributed by atoms with E-state index in [4.69, 9.17) is 0 Å². The Kier molecular flexibility index (Phi) is 12.9. The molecule has 0 aromatic carbocycles. The van der Waals surface area contributed by atoms with E-state index in [1.807, 2.05) is 27.7 Å². The Hall–Kier alpha value is -0.160. The van der Waals surface area contributed by atoms with E-state index in [1.165, 1.54) is 71.6 Å². The molecular formula is C29H62N4. The zero-order chi connectivity index (χ0) is 25.4. The molecule has 0 aromatic rings.